The summed E-state index contributed by atoms with van der Waals surface area (Å²) in [6.45, 7) is 6.83. The van der Waals surface area contributed by atoms with Crippen LogP contribution >= 0.6 is 0 Å². The minimum absolute atomic E-state index is 0.0588. The Morgan fingerprint density at radius 3 is 2.72 bits per heavy atom. The largest absolute Gasteiger partial charge is 0.368 e. The van der Waals surface area contributed by atoms with Gasteiger partial charge in [-0.15, -0.1) is 0 Å². The number of benzene rings is 1. The third-order valence-corrected chi connectivity index (χ3v) is 5.65. The molecule has 0 aliphatic carbocycles. The van der Waals surface area contributed by atoms with Crippen molar-refractivity contribution in [2.45, 2.75) is 32.2 Å². The standard InChI is InChI=1S/C21H25N3O/c1-2-23-11-8-19(9-12-23)24-13-7-16-5-6-17(14-20(16)24)21(25)18-4-3-10-22-15-18/h3-6,10,14-15,19H,2,7-9,11-13H2,1H3. The van der Waals surface area contributed by atoms with E-state index >= 15 is 0 Å². The lowest BCUT2D eigenvalue weighted by molar-refractivity contribution is 0.103. The molecule has 2 aliphatic heterocycles. The zero-order valence-corrected chi connectivity index (χ0v) is 14.8. The quantitative estimate of drug-likeness (QED) is 0.804. The van der Waals surface area contributed by atoms with Crippen LogP contribution in [0.4, 0.5) is 5.69 Å². The van der Waals surface area contributed by atoms with Gasteiger partial charge in [-0.25, -0.2) is 0 Å². The maximum absolute atomic E-state index is 12.7. The molecule has 1 saturated heterocycles. The van der Waals surface area contributed by atoms with Gasteiger partial charge in [0.15, 0.2) is 5.78 Å². The Morgan fingerprint density at radius 2 is 2.00 bits per heavy atom. The van der Waals surface area contributed by atoms with E-state index in [1.165, 1.54) is 37.2 Å². The van der Waals surface area contributed by atoms with E-state index in [2.05, 4.69) is 33.8 Å². The van der Waals surface area contributed by atoms with E-state index in [-0.39, 0.29) is 5.78 Å². The lowest BCUT2D eigenvalue weighted by atomic mass is 10.00. The number of pyridine rings is 1. The fraction of sp³-hybridized carbons (Fsp3) is 0.429. The number of nitrogens with zero attached hydrogens (tertiary/aromatic N) is 3. The first-order chi connectivity index (χ1) is 12.3. The molecule has 1 aromatic heterocycles. The van der Waals surface area contributed by atoms with Crippen molar-refractivity contribution in [3.63, 3.8) is 0 Å². The van der Waals surface area contributed by atoms with Crippen molar-refractivity contribution < 1.29 is 4.79 Å². The number of anilines is 1. The SMILES string of the molecule is CCN1CCC(N2CCc3ccc(C(=O)c4cccnc4)cc32)CC1. The van der Waals surface area contributed by atoms with Crippen molar-refractivity contribution in [2.24, 2.45) is 0 Å². The summed E-state index contributed by atoms with van der Waals surface area (Å²) < 4.78 is 0. The molecule has 0 saturated carbocycles. The normalized spacial score (nSPS) is 18.4. The van der Waals surface area contributed by atoms with Crippen LogP contribution in [-0.4, -0.2) is 47.9 Å². The van der Waals surface area contributed by atoms with E-state index in [9.17, 15) is 4.79 Å². The highest BCUT2D eigenvalue weighted by atomic mass is 16.1. The van der Waals surface area contributed by atoms with Gasteiger partial charge < -0.3 is 9.80 Å². The minimum Gasteiger partial charge on any atom is -0.368 e. The number of rotatable bonds is 4. The van der Waals surface area contributed by atoms with Crippen LogP contribution in [0, 0.1) is 0 Å². The zero-order valence-electron chi connectivity index (χ0n) is 14.8. The number of fused-ring (bicyclic) bond motifs is 1. The van der Waals surface area contributed by atoms with E-state index in [0.29, 0.717) is 11.6 Å². The number of hydrogen-bond acceptors (Lipinski definition) is 4. The second-order valence-corrected chi connectivity index (χ2v) is 7.02. The molecule has 1 aromatic carbocycles. The second-order valence-electron chi connectivity index (χ2n) is 7.02. The Kier molecular flexibility index (Phi) is 4.53. The molecule has 0 spiro atoms. The van der Waals surface area contributed by atoms with Gasteiger partial charge in [-0.3, -0.25) is 9.78 Å². The first-order valence-electron chi connectivity index (χ1n) is 9.33. The predicted octanol–water partition coefficient (Wildman–Crippen LogP) is 3.16. The van der Waals surface area contributed by atoms with E-state index in [0.717, 1.165) is 25.1 Å². The van der Waals surface area contributed by atoms with Crippen LogP contribution in [0.5, 0.6) is 0 Å². The number of piperidine rings is 1. The summed E-state index contributed by atoms with van der Waals surface area (Å²) >= 11 is 0. The van der Waals surface area contributed by atoms with Crippen LogP contribution in [-0.2, 0) is 6.42 Å². The third kappa shape index (κ3) is 3.19. The van der Waals surface area contributed by atoms with Gasteiger partial charge in [-0.2, -0.15) is 0 Å². The fourth-order valence-electron chi connectivity index (χ4n) is 4.14. The van der Waals surface area contributed by atoms with Crippen LogP contribution < -0.4 is 4.90 Å². The van der Waals surface area contributed by atoms with Crippen molar-refractivity contribution in [1.82, 2.24) is 9.88 Å². The molecule has 4 heteroatoms. The average Bonchev–Trinajstić information content (AvgIpc) is 3.11. The summed E-state index contributed by atoms with van der Waals surface area (Å²) in [4.78, 5) is 21.9. The van der Waals surface area contributed by atoms with Gasteiger partial charge in [0.1, 0.15) is 0 Å². The smallest absolute Gasteiger partial charge is 0.194 e. The molecule has 3 heterocycles. The van der Waals surface area contributed by atoms with Crippen LogP contribution in [0.3, 0.4) is 0 Å². The van der Waals surface area contributed by atoms with E-state index in [1.807, 2.05) is 18.2 Å². The third-order valence-electron chi connectivity index (χ3n) is 5.65. The van der Waals surface area contributed by atoms with Crippen molar-refractivity contribution in [3.05, 3.63) is 59.4 Å². The number of carbonyl (C=O) groups is 1. The van der Waals surface area contributed by atoms with E-state index in [1.54, 1.807) is 12.4 Å². The first-order valence-corrected chi connectivity index (χ1v) is 9.33. The van der Waals surface area contributed by atoms with Crippen molar-refractivity contribution >= 4 is 11.5 Å². The summed E-state index contributed by atoms with van der Waals surface area (Å²) in [6.07, 6.45) is 6.87. The lowest BCUT2D eigenvalue weighted by Gasteiger charge is -2.37. The summed E-state index contributed by atoms with van der Waals surface area (Å²) in [5, 5.41) is 0. The van der Waals surface area contributed by atoms with Crippen LogP contribution in [0.25, 0.3) is 0 Å². The maximum atomic E-state index is 12.7. The number of likely N-dealkylation sites (tertiary alicyclic amines) is 1. The Balaban J connectivity index is 1.57. The molecule has 25 heavy (non-hydrogen) atoms. The van der Waals surface area contributed by atoms with Gasteiger partial charge in [0.25, 0.3) is 0 Å². The summed E-state index contributed by atoms with van der Waals surface area (Å²) in [6, 6.07) is 10.5. The van der Waals surface area contributed by atoms with Crippen molar-refractivity contribution in [3.8, 4) is 0 Å². The molecule has 0 atom stereocenters. The molecule has 4 nitrogen and oxygen atoms in total. The summed E-state index contributed by atoms with van der Waals surface area (Å²) in [5.41, 5.74) is 4.07. The first kappa shape index (κ1) is 16.3. The zero-order chi connectivity index (χ0) is 17.2. The molecular weight excluding hydrogens is 310 g/mol. The van der Waals surface area contributed by atoms with Crippen LogP contribution in [0.1, 0.15) is 41.3 Å². The molecule has 1 fully saturated rings. The Morgan fingerprint density at radius 1 is 1.16 bits per heavy atom. The number of hydrogen-bond donors (Lipinski definition) is 0. The van der Waals surface area contributed by atoms with E-state index in [4.69, 9.17) is 0 Å². The van der Waals surface area contributed by atoms with Gasteiger partial charge in [-0.1, -0.05) is 19.1 Å². The second kappa shape index (κ2) is 6.96. The molecule has 2 aliphatic rings. The molecule has 0 radical (unpaired) electrons. The molecular formula is C21H25N3O. The van der Waals surface area contributed by atoms with Crippen molar-refractivity contribution in [2.75, 3.05) is 31.1 Å². The summed E-state index contributed by atoms with van der Waals surface area (Å²) in [5.74, 6) is 0.0588. The Labute approximate surface area is 149 Å². The molecule has 0 unspecified atom stereocenters. The fourth-order valence-corrected chi connectivity index (χ4v) is 4.14. The Hall–Kier alpha value is -2.20. The van der Waals surface area contributed by atoms with Crippen LogP contribution in [0.15, 0.2) is 42.7 Å². The van der Waals surface area contributed by atoms with Gasteiger partial charge >= 0.3 is 0 Å². The topological polar surface area (TPSA) is 36.4 Å². The van der Waals surface area contributed by atoms with Gasteiger partial charge in [0.05, 0.1) is 0 Å². The predicted molar refractivity (Wildman–Crippen MR) is 100 cm³/mol. The molecule has 0 amide bonds. The van der Waals surface area contributed by atoms with Gasteiger partial charge in [0, 0.05) is 54.9 Å². The Bertz CT molecular complexity index is 751. The monoisotopic (exact) mass is 335 g/mol. The number of aromatic nitrogens is 1. The van der Waals surface area contributed by atoms with Gasteiger partial charge in [0.2, 0.25) is 0 Å². The average molecular weight is 335 g/mol. The molecule has 4 rings (SSSR count). The van der Waals surface area contributed by atoms with E-state index < -0.39 is 0 Å². The van der Waals surface area contributed by atoms with Crippen LogP contribution in [0.2, 0.25) is 0 Å². The molecule has 130 valence electrons. The van der Waals surface area contributed by atoms with Crippen molar-refractivity contribution in [1.29, 1.82) is 0 Å². The lowest BCUT2D eigenvalue weighted by Crippen LogP contribution is -2.44. The maximum Gasteiger partial charge on any atom is 0.194 e. The molecule has 0 bridgehead atoms. The highest BCUT2D eigenvalue weighted by Crippen LogP contribution is 2.34. The highest BCUT2D eigenvalue weighted by molar-refractivity contribution is 6.09. The minimum atomic E-state index is 0.0588. The number of carbonyl (C=O) groups excluding carboxylic acids is 1. The molecule has 2 aromatic rings. The van der Waals surface area contributed by atoms with Gasteiger partial charge in [-0.05, 0) is 49.6 Å². The molecule has 0 N–H and O–H groups in total. The number of ketones is 1. The highest BCUT2D eigenvalue weighted by Gasteiger charge is 2.29. The summed E-state index contributed by atoms with van der Waals surface area (Å²) in [7, 11) is 0.